The SMILES string of the molecule is CC.CC.CC.CC.CC.CC.CC.CC.c1ccc2c(c1)-c1nc-2nc2[nH]c(nc3nc(nc4[nH]c(n1)c1ccccc41)-c1ccccc1-3)c1ccccc21. The molecule has 2 aliphatic heterocycles. The molecule has 3 aromatic heterocycles. The molecule has 0 spiro atoms. The summed E-state index contributed by atoms with van der Waals surface area (Å²) in [6, 6.07) is 32.2. The summed E-state index contributed by atoms with van der Waals surface area (Å²) in [5.74, 6) is 2.39. The van der Waals surface area contributed by atoms with E-state index in [0.29, 0.717) is 45.9 Å². The summed E-state index contributed by atoms with van der Waals surface area (Å²) in [6.07, 6.45) is 0. The summed E-state index contributed by atoms with van der Waals surface area (Å²) in [4.78, 5) is 36.8. The average Bonchev–Trinajstić information content (AvgIpc) is 4.05. The van der Waals surface area contributed by atoms with Crippen molar-refractivity contribution in [1.29, 1.82) is 0 Å². The fraction of sp³-hybridized carbons (Fsp3) is 0.333. The molecule has 0 saturated heterocycles. The van der Waals surface area contributed by atoms with Gasteiger partial charge in [0, 0.05) is 43.8 Å². The van der Waals surface area contributed by atoms with Gasteiger partial charge in [0.25, 0.3) is 0 Å². The van der Waals surface area contributed by atoms with Gasteiger partial charge in [-0.05, 0) is 0 Å². The van der Waals surface area contributed by atoms with Crippen LogP contribution in [0.25, 0.3) is 89.7 Å². The highest BCUT2D eigenvalue weighted by Crippen LogP contribution is 2.36. The van der Waals surface area contributed by atoms with Crippen LogP contribution in [0.2, 0.25) is 0 Å². The Morgan fingerprint density at radius 3 is 0.625 bits per heavy atom. The van der Waals surface area contributed by atoms with E-state index in [4.69, 9.17) is 29.9 Å². The zero-order valence-corrected chi connectivity index (χ0v) is 36.9. The number of aromatic nitrogens is 8. The van der Waals surface area contributed by atoms with E-state index >= 15 is 0 Å². The van der Waals surface area contributed by atoms with Crippen molar-refractivity contribution in [1.82, 2.24) is 39.9 Å². The molecule has 0 saturated carbocycles. The highest BCUT2D eigenvalue weighted by molar-refractivity contribution is 6.06. The van der Waals surface area contributed by atoms with Crippen molar-refractivity contribution in [3.05, 3.63) is 97.1 Å². The zero-order valence-electron chi connectivity index (χ0n) is 36.9. The molecule has 9 rings (SSSR count). The molecule has 56 heavy (non-hydrogen) atoms. The molecule has 0 atom stereocenters. The Morgan fingerprint density at radius 1 is 0.250 bits per heavy atom. The molecule has 2 N–H and O–H groups in total. The minimum absolute atomic E-state index is 0.597. The topological polar surface area (TPSA) is 109 Å². The predicted octanol–water partition coefficient (Wildman–Crippen LogP) is 15.1. The summed E-state index contributed by atoms with van der Waals surface area (Å²) < 4.78 is 0. The van der Waals surface area contributed by atoms with Crippen LogP contribution in [0.5, 0.6) is 0 Å². The van der Waals surface area contributed by atoms with Gasteiger partial charge in [-0.3, -0.25) is 0 Å². The Morgan fingerprint density at radius 2 is 0.429 bits per heavy atom. The molecule has 8 heteroatoms. The van der Waals surface area contributed by atoms with Crippen molar-refractivity contribution in [2.24, 2.45) is 0 Å². The maximum Gasteiger partial charge on any atom is 0.164 e. The highest BCUT2D eigenvalue weighted by Gasteiger charge is 2.21. The van der Waals surface area contributed by atoms with Crippen molar-refractivity contribution in [3.63, 3.8) is 0 Å². The normalized spacial score (nSPS) is 9.43. The van der Waals surface area contributed by atoms with Crippen molar-refractivity contribution in [3.8, 4) is 45.6 Å². The molecule has 7 aromatic rings. The summed E-state index contributed by atoms with van der Waals surface area (Å²) >= 11 is 0. The largest absolute Gasteiger partial charge is 0.324 e. The lowest BCUT2D eigenvalue weighted by molar-refractivity contribution is 1.19. The van der Waals surface area contributed by atoms with Crippen LogP contribution in [0, 0.1) is 0 Å². The second-order valence-corrected chi connectivity index (χ2v) is 9.79. The predicted molar refractivity (Wildman–Crippen MR) is 247 cm³/mol. The molecule has 298 valence electrons. The number of fused-ring (bicyclic) bond motifs is 20. The van der Waals surface area contributed by atoms with Crippen molar-refractivity contribution >= 4 is 44.1 Å². The van der Waals surface area contributed by atoms with Gasteiger partial charge in [-0.15, -0.1) is 0 Å². The first-order chi connectivity index (χ1) is 27.8. The lowest BCUT2D eigenvalue weighted by Crippen LogP contribution is -1.82. The number of hydrogen-bond acceptors (Lipinski definition) is 6. The third-order valence-electron chi connectivity index (χ3n) is 7.46. The molecular formula is C48H66N8. The third-order valence-corrected chi connectivity index (χ3v) is 7.46. The summed E-state index contributed by atoms with van der Waals surface area (Å²) in [7, 11) is 0. The molecular weight excluding hydrogens is 689 g/mol. The smallest absolute Gasteiger partial charge is 0.164 e. The minimum Gasteiger partial charge on any atom is -0.324 e. The molecule has 0 unspecified atom stereocenters. The number of hydrogen-bond donors (Lipinski definition) is 2. The molecule has 0 fully saturated rings. The van der Waals surface area contributed by atoms with Crippen LogP contribution in [0.4, 0.5) is 0 Å². The molecule has 8 bridgehead atoms. The fourth-order valence-electron chi connectivity index (χ4n) is 5.59. The number of H-pyrrole nitrogens is 2. The maximum absolute atomic E-state index is 5.02. The summed E-state index contributed by atoms with van der Waals surface area (Å²) in [5, 5.41) is 3.82. The average molecular weight is 755 g/mol. The van der Waals surface area contributed by atoms with E-state index in [1.54, 1.807) is 0 Å². The summed E-state index contributed by atoms with van der Waals surface area (Å²) in [6.45, 7) is 32.0. The first-order valence-electron chi connectivity index (χ1n) is 21.0. The standard InChI is InChI=1S/C32H18N8.8C2H6/c1-2-10-18-17(9-1)25-33-26(18)38-28-21-13-5-6-14-22(21)30(35-28)40-32-24-16-8-7-15-23(24)31(36-32)39-29-20-12-4-3-11-19(20)27(34-29)37-25;8*1-2/h1-16H,(H2,33,34,35,36,37,38,39,40);8*1-2H3. The van der Waals surface area contributed by atoms with Gasteiger partial charge in [0.15, 0.2) is 23.3 Å². The van der Waals surface area contributed by atoms with Crippen LogP contribution in [0.1, 0.15) is 111 Å². The van der Waals surface area contributed by atoms with Crippen LogP contribution in [-0.4, -0.2) is 39.9 Å². The van der Waals surface area contributed by atoms with Gasteiger partial charge in [-0.2, -0.15) is 0 Å². The van der Waals surface area contributed by atoms with Crippen LogP contribution < -0.4 is 0 Å². The quantitative estimate of drug-likeness (QED) is 0.159. The number of nitrogens with one attached hydrogen (secondary N) is 2. The zero-order chi connectivity index (χ0) is 42.2. The van der Waals surface area contributed by atoms with Gasteiger partial charge in [0.1, 0.15) is 22.6 Å². The van der Waals surface area contributed by atoms with Crippen LogP contribution in [0.15, 0.2) is 97.1 Å². The van der Waals surface area contributed by atoms with Gasteiger partial charge in [-0.25, -0.2) is 29.9 Å². The molecule has 0 amide bonds. The highest BCUT2D eigenvalue weighted by atomic mass is 15.1. The van der Waals surface area contributed by atoms with E-state index in [9.17, 15) is 0 Å². The minimum atomic E-state index is 0.597. The van der Waals surface area contributed by atoms with E-state index in [1.165, 1.54) is 0 Å². The van der Waals surface area contributed by atoms with Crippen molar-refractivity contribution < 1.29 is 0 Å². The van der Waals surface area contributed by atoms with Gasteiger partial charge < -0.3 is 9.97 Å². The maximum atomic E-state index is 5.02. The number of benzene rings is 4. The summed E-state index contributed by atoms with van der Waals surface area (Å²) in [5.41, 5.74) is 6.45. The van der Waals surface area contributed by atoms with E-state index in [1.807, 2.05) is 208 Å². The lowest BCUT2D eigenvalue weighted by Gasteiger charge is -1.96. The first kappa shape index (κ1) is 48.3. The molecule has 0 radical (unpaired) electrons. The molecule has 0 aliphatic carbocycles. The van der Waals surface area contributed by atoms with Crippen molar-refractivity contribution in [2.75, 3.05) is 0 Å². The number of aromatic amines is 2. The van der Waals surface area contributed by atoms with Gasteiger partial charge in [0.05, 0.1) is 0 Å². The van der Waals surface area contributed by atoms with Crippen LogP contribution in [0.3, 0.4) is 0 Å². The Bertz CT molecular complexity index is 2030. The second-order valence-electron chi connectivity index (χ2n) is 9.79. The molecule has 2 aliphatic rings. The fourth-order valence-corrected chi connectivity index (χ4v) is 5.59. The lowest BCUT2D eigenvalue weighted by atomic mass is 10.1. The third kappa shape index (κ3) is 10.3. The van der Waals surface area contributed by atoms with E-state index in [0.717, 1.165) is 43.8 Å². The van der Waals surface area contributed by atoms with Gasteiger partial charge >= 0.3 is 0 Å². The monoisotopic (exact) mass is 755 g/mol. The Labute approximate surface area is 336 Å². The van der Waals surface area contributed by atoms with Gasteiger partial charge in [-0.1, -0.05) is 208 Å². The van der Waals surface area contributed by atoms with E-state index in [-0.39, 0.29) is 0 Å². The Hall–Kier alpha value is -5.76. The van der Waals surface area contributed by atoms with Crippen LogP contribution >= 0.6 is 0 Å². The molecule has 5 heterocycles. The number of nitrogens with zero attached hydrogens (tertiary/aromatic N) is 6. The molecule has 8 nitrogen and oxygen atoms in total. The molecule has 4 aromatic carbocycles. The van der Waals surface area contributed by atoms with Crippen molar-refractivity contribution in [2.45, 2.75) is 111 Å². The van der Waals surface area contributed by atoms with Crippen LogP contribution in [-0.2, 0) is 0 Å². The Kier molecular flexibility index (Phi) is 22.5. The number of rotatable bonds is 0. The van der Waals surface area contributed by atoms with E-state index in [2.05, 4.69) is 9.97 Å². The van der Waals surface area contributed by atoms with E-state index < -0.39 is 0 Å². The Balaban J connectivity index is 0.000000881. The second kappa shape index (κ2) is 26.1. The van der Waals surface area contributed by atoms with Gasteiger partial charge in [0.2, 0.25) is 0 Å². The first-order valence-corrected chi connectivity index (χ1v) is 21.0.